The molecule has 1 aromatic carbocycles. The van der Waals surface area contributed by atoms with Crippen LogP contribution in [0.25, 0.3) is 45.0 Å². The smallest absolute Gasteiger partial charge is 0.187 e. The van der Waals surface area contributed by atoms with Gasteiger partial charge in [-0.2, -0.15) is 0 Å². The van der Waals surface area contributed by atoms with Crippen molar-refractivity contribution in [3.05, 3.63) is 73.3 Å². The van der Waals surface area contributed by atoms with E-state index in [-0.39, 0.29) is 0 Å². The average molecular weight is 843 g/mol. The zero-order chi connectivity index (χ0) is 42.6. The predicted octanol–water partition coefficient (Wildman–Crippen LogP) is 14.9. The lowest BCUT2D eigenvalue weighted by Gasteiger charge is -2.17. The molecule has 2 aliphatic heterocycles. The topological polar surface area (TPSA) is 72.6 Å². The number of nitrogens with zero attached hydrogens (tertiary/aromatic N) is 4. The standard InChI is InChI=1S/C54H74N4O4/c1-3-5-7-9-11-13-15-17-19-21-37-57-47(51-53(61-41-23-39-59-51)49(57)45-29-33-55-34-30-45)43-25-27-44(28-26-43)48-52-54(62-42-24-40-60-52)50(46-31-35-56-36-32-46)58(48)38-22-20-18-16-14-12-10-8-6-4-2/h25-36H,3-24,37-42H2,1-2H3. The van der Waals surface area contributed by atoms with Crippen molar-refractivity contribution in [2.45, 2.75) is 168 Å². The number of ether oxygens (including phenoxy) is 4. The third-order valence-electron chi connectivity index (χ3n) is 12.7. The van der Waals surface area contributed by atoms with Crippen molar-refractivity contribution in [1.29, 1.82) is 0 Å². The molecule has 8 heteroatoms. The normalized spacial score (nSPS) is 13.6. The summed E-state index contributed by atoms with van der Waals surface area (Å²) < 4.78 is 31.4. The second-order valence-electron chi connectivity index (χ2n) is 17.5. The molecular weight excluding hydrogens is 769 g/mol. The summed E-state index contributed by atoms with van der Waals surface area (Å²) in [4.78, 5) is 8.73. The minimum absolute atomic E-state index is 0.629. The van der Waals surface area contributed by atoms with E-state index < -0.39 is 0 Å². The Bertz CT molecular complexity index is 1890. The van der Waals surface area contributed by atoms with E-state index in [1.807, 2.05) is 24.8 Å². The van der Waals surface area contributed by atoms with Crippen molar-refractivity contribution in [3.63, 3.8) is 0 Å². The number of rotatable bonds is 26. The summed E-state index contributed by atoms with van der Waals surface area (Å²) in [5.41, 5.74) is 8.79. The number of fused-ring (bicyclic) bond motifs is 2. The Balaban J connectivity index is 1.18. The van der Waals surface area contributed by atoms with Gasteiger partial charge in [0.25, 0.3) is 0 Å². The van der Waals surface area contributed by atoms with E-state index >= 15 is 0 Å². The molecule has 8 nitrogen and oxygen atoms in total. The van der Waals surface area contributed by atoms with Crippen LogP contribution in [-0.2, 0) is 13.1 Å². The van der Waals surface area contributed by atoms with Gasteiger partial charge < -0.3 is 28.1 Å². The lowest BCUT2D eigenvalue weighted by Crippen LogP contribution is -2.07. The summed E-state index contributed by atoms with van der Waals surface area (Å²) in [6.45, 7) is 8.88. The van der Waals surface area contributed by atoms with E-state index in [9.17, 15) is 0 Å². The molecule has 0 bridgehead atoms. The molecule has 0 saturated heterocycles. The first-order chi connectivity index (χ1) is 30.8. The second-order valence-corrected chi connectivity index (χ2v) is 17.5. The van der Waals surface area contributed by atoms with E-state index in [0.29, 0.717) is 26.4 Å². The van der Waals surface area contributed by atoms with Gasteiger partial charge in [0.2, 0.25) is 0 Å². The Morgan fingerprint density at radius 1 is 0.355 bits per heavy atom. The van der Waals surface area contributed by atoms with Gasteiger partial charge >= 0.3 is 0 Å². The molecule has 0 aliphatic carbocycles. The molecular formula is C54H74N4O4. The molecule has 7 rings (SSSR count). The maximum atomic E-state index is 6.65. The molecule has 0 fully saturated rings. The first-order valence-corrected chi connectivity index (χ1v) is 24.8. The molecule has 5 aromatic rings. The summed E-state index contributed by atoms with van der Waals surface area (Å²) in [6, 6.07) is 17.5. The van der Waals surface area contributed by atoms with Crippen LogP contribution in [-0.4, -0.2) is 45.5 Å². The maximum absolute atomic E-state index is 6.65. The number of hydrogen-bond acceptors (Lipinski definition) is 6. The van der Waals surface area contributed by atoms with E-state index in [1.165, 1.54) is 116 Å². The van der Waals surface area contributed by atoms with Crippen LogP contribution in [0.3, 0.4) is 0 Å². The highest BCUT2D eigenvalue weighted by Gasteiger charge is 2.31. The van der Waals surface area contributed by atoms with E-state index in [0.717, 1.165) is 107 Å². The lowest BCUT2D eigenvalue weighted by atomic mass is 10.0. The van der Waals surface area contributed by atoms with Crippen molar-refractivity contribution in [2.24, 2.45) is 0 Å². The van der Waals surface area contributed by atoms with Crippen molar-refractivity contribution in [3.8, 4) is 68.0 Å². The average Bonchev–Trinajstić information content (AvgIpc) is 3.49. The van der Waals surface area contributed by atoms with Gasteiger partial charge in [0, 0.05) is 73.0 Å². The Morgan fingerprint density at radius 3 is 0.903 bits per heavy atom. The van der Waals surface area contributed by atoms with E-state index in [2.05, 4.69) is 81.5 Å². The van der Waals surface area contributed by atoms with Gasteiger partial charge in [-0.25, -0.2) is 0 Å². The SMILES string of the molecule is CCCCCCCCCCCCn1c(-c2ccncc2)c2c(c1-c1ccc(-c3c4c(c(-c5ccncc5)n3CCCCCCCCCCCC)OCCCO4)cc1)OCCCO2. The van der Waals surface area contributed by atoms with Crippen LogP contribution in [0.1, 0.15) is 155 Å². The number of unbranched alkanes of at least 4 members (excludes halogenated alkanes) is 18. The molecule has 334 valence electrons. The molecule has 4 aromatic heterocycles. The second kappa shape index (κ2) is 24.8. The van der Waals surface area contributed by atoms with Gasteiger partial charge in [-0.3, -0.25) is 9.97 Å². The van der Waals surface area contributed by atoms with Crippen LogP contribution < -0.4 is 18.9 Å². The summed E-state index contributed by atoms with van der Waals surface area (Å²) in [5, 5.41) is 0. The van der Waals surface area contributed by atoms with Gasteiger partial charge in [0.05, 0.1) is 49.2 Å². The quantitative estimate of drug-likeness (QED) is 0.0516. The third-order valence-corrected chi connectivity index (χ3v) is 12.7. The highest BCUT2D eigenvalue weighted by molar-refractivity contribution is 5.86. The van der Waals surface area contributed by atoms with Crippen molar-refractivity contribution in [2.75, 3.05) is 26.4 Å². The van der Waals surface area contributed by atoms with Gasteiger partial charge in [0.1, 0.15) is 0 Å². The minimum Gasteiger partial charge on any atom is -0.487 e. The Hall–Kier alpha value is -4.72. The largest absolute Gasteiger partial charge is 0.487 e. The summed E-state index contributed by atoms with van der Waals surface area (Å²) in [7, 11) is 0. The third kappa shape index (κ3) is 11.8. The van der Waals surface area contributed by atoms with Gasteiger partial charge in [-0.15, -0.1) is 0 Å². The maximum Gasteiger partial charge on any atom is 0.187 e. The highest BCUT2D eigenvalue weighted by Crippen LogP contribution is 2.52. The van der Waals surface area contributed by atoms with Crippen LogP contribution in [0.4, 0.5) is 0 Å². The number of benzene rings is 1. The fraction of sp³-hybridized carbons (Fsp3) is 0.556. The fourth-order valence-corrected chi connectivity index (χ4v) is 9.41. The highest BCUT2D eigenvalue weighted by atomic mass is 16.5. The van der Waals surface area contributed by atoms with Crippen LogP contribution in [0, 0.1) is 0 Å². The molecule has 62 heavy (non-hydrogen) atoms. The van der Waals surface area contributed by atoms with Crippen LogP contribution in [0.2, 0.25) is 0 Å². The van der Waals surface area contributed by atoms with Gasteiger partial charge in [0.15, 0.2) is 23.0 Å². The Kier molecular flexibility index (Phi) is 18.1. The summed E-state index contributed by atoms with van der Waals surface area (Å²) >= 11 is 0. The van der Waals surface area contributed by atoms with Crippen molar-refractivity contribution < 1.29 is 18.9 Å². The molecule has 6 heterocycles. The predicted molar refractivity (Wildman–Crippen MR) is 255 cm³/mol. The number of pyridine rings is 2. The van der Waals surface area contributed by atoms with Crippen molar-refractivity contribution in [1.82, 2.24) is 19.1 Å². The first-order valence-electron chi connectivity index (χ1n) is 24.8. The zero-order valence-electron chi connectivity index (χ0n) is 38.1. The minimum atomic E-state index is 0.629. The molecule has 0 N–H and O–H groups in total. The molecule has 0 atom stereocenters. The van der Waals surface area contributed by atoms with Gasteiger partial charge in [-0.1, -0.05) is 154 Å². The molecule has 0 saturated carbocycles. The van der Waals surface area contributed by atoms with E-state index in [4.69, 9.17) is 18.9 Å². The zero-order valence-corrected chi connectivity index (χ0v) is 38.1. The Labute approximate surface area is 372 Å². The van der Waals surface area contributed by atoms with Crippen LogP contribution in [0.5, 0.6) is 23.0 Å². The molecule has 0 radical (unpaired) electrons. The lowest BCUT2D eigenvalue weighted by molar-refractivity contribution is 0.294. The first kappa shape index (κ1) is 45.3. The van der Waals surface area contributed by atoms with Crippen molar-refractivity contribution >= 4 is 0 Å². The van der Waals surface area contributed by atoms with Crippen LogP contribution >= 0.6 is 0 Å². The van der Waals surface area contributed by atoms with E-state index in [1.54, 1.807) is 0 Å². The summed E-state index contributed by atoms with van der Waals surface area (Å²) in [5.74, 6) is 3.40. The summed E-state index contributed by atoms with van der Waals surface area (Å²) in [6.07, 6.45) is 35.3. The molecule has 2 aliphatic rings. The monoisotopic (exact) mass is 843 g/mol. The molecule has 0 amide bonds. The van der Waals surface area contributed by atoms with Gasteiger partial charge in [-0.05, 0) is 37.1 Å². The molecule has 0 unspecified atom stereocenters. The number of hydrogen-bond donors (Lipinski definition) is 0. The fourth-order valence-electron chi connectivity index (χ4n) is 9.41. The number of aromatic nitrogens is 4. The van der Waals surface area contributed by atoms with Crippen LogP contribution in [0.15, 0.2) is 73.3 Å². The molecule has 0 spiro atoms. The Morgan fingerprint density at radius 2 is 0.613 bits per heavy atom.